The summed E-state index contributed by atoms with van der Waals surface area (Å²) in [6, 6.07) is 7.40. The van der Waals surface area contributed by atoms with E-state index in [1.807, 2.05) is 0 Å². The molecule has 1 saturated heterocycles. The molecule has 26 heavy (non-hydrogen) atoms. The molecular formula is C18H23FN4O2S. The molecule has 1 aromatic carbocycles. The average Bonchev–Trinajstić information content (AvgIpc) is 2.61. The molecule has 1 aliphatic rings. The van der Waals surface area contributed by atoms with Gasteiger partial charge in [0.1, 0.15) is 5.82 Å². The van der Waals surface area contributed by atoms with E-state index in [1.54, 1.807) is 19.1 Å². The van der Waals surface area contributed by atoms with Crippen molar-refractivity contribution < 1.29 is 12.8 Å². The van der Waals surface area contributed by atoms with E-state index < -0.39 is 15.8 Å². The molecule has 0 amide bonds. The molecule has 1 fully saturated rings. The van der Waals surface area contributed by atoms with Crippen LogP contribution in [0.5, 0.6) is 0 Å². The summed E-state index contributed by atoms with van der Waals surface area (Å²) < 4.78 is 40.6. The highest BCUT2D eigenvalue weighted by Gasteiger charge is 2.23. The summed E-state index contributed by atoms with van der Waals surface area (Å²) in [5.41, 5.74) is 0.334. The molecule has 2 aromatic rings. The minimum atomic E-state index is -3.85. The summed E-state index contributed by atoms with van der Waals surface area (Å²) in [7, 11) is -3.85. The van der Waals surface area contributed by atoms with E-state index in [1.165, 1.54) is 18.6 Å². The fraction of sp³-hybridized carbons (Fsp3) is 0.444. The van der Waals surface area contributed by atoms with Gasteiger partial charge in [0.15, 0.2) is 11.6 Å². The van der Waals surface area contributed by atoms with Crippen LogP contribution in [0.15, 0.2) is 35.2 Å². The van der Waals surface area contributed by atoms with Gasteiger partial charge in [-0.15, -0.1) is 10.2 Å². The van der Waals surface area contributed by atoms with E-state index in [2.05, 4.69) is 26.7 Å². The normalized spacial score (nSPS) is 18.0. The second-order valence-corrected chi connectivity index (χ2v) is 8.19. The van der Waals surface area contributed by atoms with Gasteiger partial charge in [-0.05, 0) is 68.5 Å². The molecule has 140 valence electrons. The van der Waals surface area contributed by atoms with Gasteiger partial charge in [-0.25, -0.2) is 12.8 Å². The number of nitrogens with one attached hydrogen (secondary N) is 1. The molecule has 1 unspecified atom stereocenters. The van der Waals surface area contributed by atoms with E-state index >= 15 is 0 Å². The maximum absolute atomic E-state index is 13.2. The third-order valence-electron chi connectivity index (χ3n) is 4.71. The van der Waals surface area contributed by atoms with Crippen molar-refractivity contribution in [2.45, 2.75) is 50.5 Å². The predicted molar refractivity (Wildman–Crippen MR) is 99.3 cm³/mol. The number of hydrogen-bond donors (Lipinski definition) is 1. The first kappa shape index (κ1) is 18.6. The number of piperidine rings is 1. The smallest absolute Gasteiger partial charge is 0.263 e. The Morgan fingerprint density at radius 1 is 1.23 bits per heavy atom. The lowest BCUT2D eigenvalue weighted by Gasteiger charge is -2.35. The zero-order chi connectivity index (χ0) is 18.7. The van der Waals surface area contributed by atoms with Crippen LogP contribution in [0, 0.1) is 12.7 Å². The zero-order valence-corrected chi connectivity index (χ0v) is 15.8. The molecule has 3 rings (SSSR count). The molecule has 6 nitrogen and oxygen atoms in total. The maximum Gasteiger partial charge on any atom is 0.263 e. The first-order valence-electron chi connectivity index (χ1n) is 8.80. The summed E-state index contributed by atoms with van der Waals surface area (Å²) in [6.45, 7) is 4.64. The molecule has 8 heteroatoms. The van der Waals surface area contributed by atoms with E-state index in [4.69, 9.17) is 0 Å². The quantitative estimate of drug-likeness (QED) is 0.862. The number of aryl methyl sites for hydroxylation is 1. The van der Waals surface area contributed by atoms with Crippen molar-refractivity contribution in [1.29, 1.82) is 0 Å². The monoisotopic (exact) mass is 378 g/mol. The number of anilines is 2. The number of halogens is 1. The number of sulfonamides is 1. The van der Waals surface area contributed by atoms with Crippen molar-refractivity contribution in [3.05, 3.63) is 41.7 Å². The average molecular weight is 378 g/mol. The van der Waals surface area contributed by atoms with E-state index in [-0.39, 0.29) is 10.7 Å². The van der Waals surface area contributed by atoms with Crippen molar-refractivity contribution in [2.75, 3.05) is 16.2 Å². The highest BCUT2D eigenvalue weighted by molar-refractivity contribution is 7.92. The summed E-state index contributed by atoms with van der Waals surface area (Å²) in [4.78, 5) is 2.26. The van der Waals surface area contributed by atoms with Gasteiger partial charge in [0, 0.05) is 12.6 Å². The van der Waals surface area contributed by atoms with Crippen LogP contribution in [0.3, 0.4) is 0 Å². The van der Waals surface area contributed by atoms with Gasteiger partial charge in [-0.1, -0.05) is 6.92 Å². The Bertz CT molecular complexity index is 871. The Labute approximate surface area is 153 Å². The number of rotatable bonds is 5. The fourth-order valence-corrected chi connectivity index (χ4v) is 4.59. The molecule has 0 bridgehead atoms. The van der Waals surface area contributed by atoms with Crippen LogP contribution in [0.1, 0.15) is 38.2 Å². The molecule has 2 heterocycles. The van der Waals surface area contributed by atoms with Crippen LogP contribution in [0.2, 0.25) is 0 Å². The van der Waals surface area contributed by atoms with Crippen LogP contribution in [0.4, 0.5) is 16.0 Å². The number of hydrogen-bond acceptors (Lipinski definition) is 5. The van der Waals surface area contributed by atoms with Crippen molar-refractivity contribution in [1.82, 2.24) is 10.2 Å². The standard InChI is InChI=1S/C18H23FN4O2S/c1-3-15-6-4-5-11-23(15)18-10-9-17(20-21-18)22-26(24,25)16-8-7-14(19)12-13(16)2/h7-10,12,15H,3-6,11H2,1-2H3,(H,20,22). The van der Waals surface area contributed by atoms with Crippen LogP contribution < -0.4 is 9.62 Å². The molecule has 0 aliphatic carbocycles. The second kappa shape index (κ2) is 7.57. The zero-order valence-electron chi connectivity index (χ0n) is 14.9. The van der Waals surface area contributed by atoms with Gasteiger partial charge in [-0.3, -0.25) is 4.72 Å². The Kier molecular flexibility index (Phi) is 5.41. The Morgan fingerprint density at radius 3 is 2.69 bits per heavy atom. The van der Waals surface area contributed by atoms with Crippen molar-refractivity contribution in [3.8, 4) is 0 Å². The van der Waals surface area contributed by atoms with Gasteiger partial charge in [-0.2, -0.15) is 0 Å². The summed E-state index contributed by atoms with van der Waals surface area (Å²) in [6.07, 6.45) is 4.52. The molecule has 0 saturated carbocycles. The van der Waals surface area contributed by atoms with E-state index in [0.29, 0.717) is 11.6 Å². The molecule has 0 radical (unpaired) electrons. The van der Waals surface area contributed by atoms with Crippen molar-refractivity contribution in [2.24, 2.45) is 0 Å². The Morgan fingerprint density at radius 2 is 2.04 bits per heavy atom. The van der Waals surface area contributed by atoms with Gasteiger partial charge in [0.05, 0.1) is 4.90 Å². The first-order chi connectivity index (χ1) is 12.4. The van der Waals surface area contributed by atoms with Gasteiger partial charge < -0.3 is 4.90 Å². The number of nitrogens with zero attached hydrogens (tertiary/aromatic N) is 3. The molecule has 1 N–H and O–H groups in total. The predicted octanol–water partition coefficient (Wildman–Crippen LogP) is 3.49. The topological polar surface area (TPSA) is 75.2 Å². The number of benzene rings is 1. The minimum Gasteiger partial charge on any atom is -0.352 e. The maximum atomic E-state index is 13.2. The first-order valence-corrected chi connectivity index (χ1v) is 10.3. The van der Waals surface area contributed by atoms with Crippen LogP contribution in [0.25, 0.3) is 0 Å². The third-order valence-corrected chi connectivity index (χ3v) is 6.22. The summed E-state index contributed by atoms with van der Waals surface area (Å²) in [5.74, 6) is 0.428. The summed E-state index contributed by atoms with van der Waals surface area (Å²) in [5, 5.41) is 8.23. The summed E-state index contributed by atoms with van der Waals surface area (Å²) >= 11 is 0. The fourth-order valence-electron chi connectivity index (χ4n) is 3.37. The van der Waals surface area contributed by atoms with E-state index in [0.717, 1.165) is 37.7 Å². The third kappa shape index (κ3) is 3.95. The van der Waals surface area contributed by atoms with Gasteiger partial charge in [0.2, 0.25) is 0 Å². The molecule has 0 spiro atoms. The van der Waals surface area contributed by atoms with Crippen molar-refractivity contribution in [3.63, 3.8) is 0 Å². The lowest BCUT2D eigenvalue weighted by Crippen LogP contribution is -2.39. The van der Waals surface area contributed by atoms with Crippen LogP contribution in [-0.2, 0) is 10.0 Å². The Hall–Kier alpha value is -2.22. The van der Waals surface area contributed by atoms with E-state index in [9.17, 15) is 12.8 Å². The van der Waals surface area contributed by atoms with Crippen LogP contribution in [-0.4, -0.2) is 31.2 Å². The Balaban J connectivity index is 1.78. The van der Waals surface area contributed by atoms with Gasteiger partial charge in [0.25, 0.3) is 10.0 Å². The minimum absolute atomic E-state index is 0.0202. The van der Waals surface area contributed by atoms with Crippen LogP contribution >= 0.6 is 0 Å². The largest absolute Gasteiger partial charge is 0.352 e. The van der Waals surface area contributed by atoms with Crippen molar-refractivity contribution >= 4 is 21.7 Å². The second-order valence-electron chi connectivity index (χ2n) is 6.54. The highest BCUT2D eigenvalue weighted by atomic mass is 32.2. The molecule has 1 aliphatic heterocycles. The lowest BCUT2D eigenvalue weighted by atomic mass is 10.0. The number of aromatic nitrogens is 2. The lowest BCUT2D eigenvalue weighted by molar-refractivity contribution is 0.445. The molecule has 1 aromatic heterocycles. The molecular weight excluding hydrogens is 355 g/mol. The SMILES string of the molecule is CCC1CCCCN1c1ccc(NS(=O)(=O)c2ccc(F)cc2C)nn1. The van der Waals surface area contributed by atoms with Gasteiger partial charge >= 0.3 is 0 Å². The molecule has 1 atom stereocenters. The highest BCUT2D eigenvalue weighted by Crippen LogP contribution is 2.25.